The fraction of sp³-hybridized carbons (Fsp3) is 0.308. The molecule has 0 aliphatic rings. The van der Waals surface area contributed by atoms with Crippen molar-refractivity contribution in [3.8, 4) is 0 Å². The molecule has 1 aromatic heterocycles. The minimum Gasteiger partial charge on any atom is -0.383 e. The number of ether oxygens (including phenoxy) is 1. The van der Waals surface area contributed by atoms with Crippen LogP contribution in [-0.2, 0) is 11.3 Å². The summed E-state index contributed by atoms with van der Waals surface area (Å²) in [4.78, 5) is 0. The monoisotopic (exact) mass is 361 g/mol. The van der Waals surface area contributed by atoms with Crippen LogP contribution < -0.4 is 5.73 Å². The molecule has 0 saturated heterocycles. The standard InChI is InChI=1S/C13H14BrClFN3O/c1-20-6-5-19-13(9(14)7-18-19)12(17)8-3-2-4-10(15)11(8)16/h2-4,7,12H,5-6,17H2,1H3. The average Bonchev–Trinajstić information content (AvgIpc) is 2.80. The Kier molecular flexibility index (Phi) is 5.15. The fourth-order valence-electron chi connectivity index (χ4n) is 1.95. The molecule has 0 amide bonds. The van der Waals surface area contributed by atoms with E-state index < -0.39 is 11.9 Å². The highest BCUT2D eigenvalue weighted by Crippen LogP contribution is 2.30. The number of aromatic nitrogens is 2. The highest BCUT2D eigenvalue weighted by atomic mass is 79.9. The van der Waals surface area contributed by atoms with Crippen molar-refractivity contribution >= 4 is 27.5 Å². The summed E-state index contributed by atoms with van der Waals surface area (Å²) in [7, 11) is 1.61. The Labute approximate surface area is 129 Å². The molecular formula is C13H14BrClFN3O. The van der Waals surface area contributed by atoms with Gasteiger partial charge in [-0.1, -0.05) is 23.7 Å². The normalized spacial score (nSPS) is 12.7. The second-order valence-electron chi connectivity index (χ2n) is 4.21. The van der Waals surface area contributed by atoms with Crippen molar-refractivity contribution in [2.45, 2.75) is 12.6 Å². The fourth-order valence-corrected chi connectivity index (χ4v) is 2.67. The molecule has 0 spiro atoms. The Balaban J connectivity index is 2.40. The summed E-state index contributed by atoms with van der Waals surface area (Å²) in [5.74, 6) is -0.506. The van der Waals surface area contributed by atoms with Crippen LogP contribution >= 0.6 is 27.5 Å². The minimum atomic E-state index is -0.664. The van der Waals surface area contributed by atoms with Crippen molar-refractivity contribution in [1.82, 2.24) is 9.78 Å². The molecule has 7 heteroatoms. The summed E-state index contributed by atoms with van der Waals surface area (Å²) in [6.07, 6.45) is 1.63. The van der Waals surface area contributed by atoms with Gasteiger partial charge in [0.25, 0.3) is 0 Å². The van der Waals surface area contributed by atoms with Crippen LogP contribution in [-0.4, -0.2) is 23.5 Å². The Morgan fingerprint density at radius 2 is 2.30 bits per heavy atom. The number of halogens is 3. The molecule has 2 aromatic rings. The Hall–Kier alpha value is -0.950. The van der Waals surface area contributed by atoms with E-state index in [1.165, 1.54) is 6.07 Å². The van der Waals surface area contributed by atoms with Crippen molar-refractivity contribution in [2.75, 3.05) is 13.7 Å². The summed E-state index contributed by atoms with van der Waals surface area (Å²) in [6, 6.07) is 4.11. The van der Waals surface area contributed by atoms with Crippen molar-refractivity contribution in [1.29, 1.82) is 0 Å². The molecule has 1 aromatic carbocycles. The summed E-state index contributed by atoms with van der Waals surface area (Å²) in [5.41, 5.74) is 7.19. The SMILES string of the molecule is COCCn1ncc(Br)c1C(N)c1cccc(Cl)c1F. The maximum Gasteiger partial charge on any atom is 0.146 e. The molecule has 1 unspecified atom stereocenters. The van der Waals surface area contributed by atoms with Gasteiger partial charge in [-0.15, -0.1) is 0 Å². The third-order valence-electron chi connectivity index (χ3n) is 2.95. The molecule has 108 valence electrons. The van der Waals surface area contributed by atoms with Gasteiger partial charge in [0.05, 0.1) is 40.6 Å². The largest absolute Gasteiger partial charge is 0.383 e. The number of methoxy groups -OCH3 is 1. The first-order chi connectivity index (χ1) is 9.56. The van der Waals surface area contributed by atoms with E-state index >= 15 is 0 Å². The van der Waals surface area contributed by atoms with Crippen molar-refractivity contribution in [3.63, 3.8) is 0 Å². The van der Waals surface area contributed by atoms with E-state index in [-0.39, 0.29) is 5.02 Å². The lowest BCUT2D eigenvalue weighted by atomic mass is 10.0. The lowest BCUT2D eigenvalue weighted by Gasteiger charge is -2.16. The Bertz CT molecular complexity index is 605. The molecule has 1 heterocycles. The lowest BCUT2D eigenvalue weighted by Crippen LogP contribution is -2.20. The molecule has 20 heavy (non-hydrogen) atoms. The number of benzene rings is 1. The number of rotatable bonds is 5. The lowest BCUT2D eigenvalue weighted by molar-refractivity contribution is 0.182. The summed E-state index contributed by atoms with van der Waals surface area (Å²) in [5, 5.41) is 4.26. The van der Waals surface area contributed by atoms with E-state index in [2.05, 4.69) is 21.0 Å². The molecule has 0 aliphatic carbocycles. The van der Waals surface area contributed by atoms with E-state index in [1.54, 1.807) is 30.1 Å². The van der Waals surface area contributed by atoms with Crippen molar-refractivity contribution in [3.05, 3.63) is 51.0 Å². The molecule has 2 N–H and O–H groups in total. The quantitative estimate of drug-likeness (QED) is 0.889. The molecule has 0 saturated carbocycles. The predicted octanol–water partition coefficient (Wildman–Crippen LogP) is 3.13. The topological polar surface area (TPSA) is 53.1 Å². The van der Waals surface area contributed by atoms with Crippen LogP contribution in [0, 0.1) is 5.82 Å². The minimum absolute atomic E-state index is 0.0528. The first-order valence-electron chi connectivity index (χ1n) is 5.96. The second-order valence-corrected chi connectivity index (χ2v) is 5.48. The van der Waals surface area contributed by atoms with Gasteiger partial charge < -0.3 is 10.5 Å². The van der Waals surface area contributed by atoms with E-state index in [0.717, 1.165) is 4.47 Å². The van der Waals surface area contributed by atoms with Gasteiger partial charge >= 0.3 is 0 Å². The van der Waals surface area contributed by atoms with Crippen LogP contribution in [0.1, 0.15) is 17.3 Å². The zero-order chi connectivity index (χ0) is 14.7. The molecule has 0 radical (unpaired) electrons. The molecule has 4 nitrogen and oxygen atoms in total. The van der Waals surface area contributed by atoms with Gasteiger partial charge in [0.15, 0.2) is 0 Å². The van der Waals surface area contributed by atoms with E-state index in [0.29, 0.717) is 24.4 Å². The van der Waals surface area contributed by atoms with Crippen molar-refractivity contribution in [2.24, 2.45) is 5.73 Å². The predicted molar refractivity (Wildman–Crippen MR) is 79.2 cm³/mol. The van der Waals surface area contributed by atoms with Gasteiger partial charge in [-0.2, -0.15) is 5.10 Å². The maximum atomic E-state index is 14.1. The first kappa shape index (κ1) is 15.4. The van der Waals surface area contributed by atoms with Gasteiger partial charge in [0.1, 0.15) is 5.82 Å². The molecule has 0 bridgehead atoms. The van der Waals surface area contributed by atoms with Gasteiger partial charge in [-0.3, -0.25) is 4.68 Å². The highest BCUT2D eigenvalue weighted by molar-refractivity contribution is 9.10. The Morgan fingerprint density at radius 3 is 3.00 bits per heavy atom. The molecule has 0 aliphatic heterocycles. The highest BCUT2D eigenvalue weighted by Gasteiger charge is 2.22. The third-order valence-corrected chi connectivity index (χ3v) is 3.85. The van der Waals surface area contributed by atoms with E-state index in [4.69, 9.17) is 22.1 Å². The van der Waals surface area contributed by atoms with Gasteiger partial charge in [0.2, 0.25) is 0 Å². The zero-order valence-electron chi connectivity index (χ0n) is 10.8. The van der Waals surface area contributed by atoms with E-state index in [9.17, 15) is 4.39 Å². The first-order valence-corrected chi connectivity index (χ1v) is 7.13. The Morgan fingerprint density at radius 1 is 1.55 bits per heavy atom. The third kappa shape index (κ3) is 3.03. The van der Waals surface area contributed by atoms with E-state index in [1.807, 2.05) is 0 Å². The maximum absolute atomic E-state index is 14.1. The van der Waals surface area contributed by atoms with Crippen LogP contribution in [0.2, 0.25) is 5.02 Å². The van der Waals surface area contributed by atoms with Gasteiger partial charge in [0, 0.05) is 12.7 Å². The molecule has 1 atom stereocenters. The summed E-state index contributed by atoms with van der Waals surface area (Å²) >= 11 is 9.19. The average molecular weight is 363 g/mol. The van der Waals surface area contributed by atoms with Gasteiger partial charge in [-0.25, -0.2) is 4.39 Å². The van der Waals surface area contributed by atoms with Crippen LogP contribution in [0.5, 0.6) is 0 Å². The molecular weight excluding hydrogens is 349 g/mol. The summed E-state index contributed by atoms with van der Waals surface area (Å²) in [6.45, 7) is 1.03. The van der Waals surface area contributed by atoms with Crippen molar-refractivity contribution < 1.29 is 9.13 Å². The van der Waals surface area contributed by atoms with Crippen LogP contribution in [0.25, 0.3) is 0 Å². The molecule has 0 fully saturated rings. The van der Waals surface area contributed by atoms with Crippen LogP contribution in [0.3, 0.4) is 0 Å². The van der Waals surface area contributed by atoms with Crippen LogP contribution in [0.15, 0.2) is 28.9 Å². The number of nitrogens with two attached hydrogens (primary N) is 1. The van der Waals surface area contributed by atoms with Crippen LogP contribution in [0.4, 0.5) is 4.39 Å². The number of nitrogens with zero attached hydrogens (tertiary/aromatic N) is 2. The second kappa shape index (κ2) is 6.67. The molecule has 2 rings (SSSR count). The number of hydrogen-bond acceptors (Lipinski definition) is 3. The number of hydrogen-bond donors (Lipinski definition) is 1. The zero-order valence-corrected chi connectivity index (χ0v) is 13.2. The smallest absolute Gasteiger partial charge is 0.146 e. The summed E-state index contributed by atoms with van der Waals surface area (Å²) < 4.78 is 21.5. The van der Waals surface area contributed by atoms with Gasteiger partial charge in [-0.05, 0) is 22.0 Å².